The molecule has 3 aromatic rings. The first-order chi connectivity index (χ1) is 11.2. The van der Waals surface area contributed by atoms with Crippen LogP contribution in [0.2, 0.25) is 5.02 Å². The highest BCUT2D eigenvalue weighted by molar-refractivity contribution is 6.35. The summed E-state index contributed by atoms with van der Waals surface area (Å²) in [4.78, 5) is 11.8. The van der Waals surface area contributed by atoms with Gasteiger partial charge < -0.3 is 9.47 Å². The van der Waals surface area contributed by atoms with Crippen molar-refractivity contribution < 1.29 is 14.3 Å². The van der Waals surface area contributed by atoms with Crippen molar-refractivity contribution in [3.05, 3.63) is 65.2 Å². The fourth-order valence-corrected chi connectivity index (χ4v) is 2.93. The van der Waals surface area contributed by atoms with Gasteiger partial charge in [0.2, 0.25) is 0 Å². The number of halogens is 1. The Labute approximate surface area is 139 Å². The average molecular weight is 327 g/mol. The van der Waals surface area contributed by atoms with Crippen molar-refractivity contribution >= 4 is 28.3 Å². The van der Waals surface area contributed by atoms with Gasteiger partial charge in [-0.15, -0.1) is 0 Å². The summed E-state index contributed by atoms with van der Waals surface area (Å²) in [6, 6.07) is 16.9. The van der Waals surface area contributed by atoms with Gasteiger partial charge in [0.15, 0.2) is 0 Å². The minimum Gasteiger partial charge on any atom is -0.496 e. The van der Waals surface area contributed by atoms with Crippen molar-refractivity contribution in [1.29, 1.82) is 0 Å². The Balaban J connectivity index is 2.34. The van der Waals surface area contributed by atoms with Crippen LogP contribution >= 0.6 is 11.6 Å². The second kappa shape index (κ2) is 6.31. The van der Waals surface area contributed by atoms with Gasteiger partial charge in [0.1, 0.15) is 5.75 Å². The van der Waals surface area contributed by atoms with Gasteiger partial charge in [-0.25, -0.2) is 4.79 Å². The number of carbonyl (C=O) groups is 1. The SMILES string of the molecule is COC(=O)c1ccc2ccc(Cl)c(-c3ccccc3OC)c2c1. The molecule has 4 heteroatoms. The normalized spacial score (nSPS) is 10.6. The van der Waals surface area contributed by atoms with Gasteiger partial charge in [0.05, 0.1) is 19.8 Å². The monoisotopic (exact) mass is 326 g/mol. The summed E-state index contributed by atoms with van der Waals surface area (Å²) >= 11 is 6.46. The fraction of sp³-hybridized carbons (Fsp3) is 0.105. The molecule has 0 aliphatic heterocycles. The molecule has 0 aliphatic carbocycles. The van der Waals surface area contributed by atoms with E-state index in [-0.39, 0.29) is 5.97 Å². The van der Waals surface area contributed by atoms with E-state index in [1.807, 2.05) is 42.5 Å². The van der Waals surface area contributed by atoms with E-state index in [2.05, 4.69) is 0 Å². The summed E-state index contributed by atoms with van der Waals surface area (Å²) in [6.45, 7) is 0. The van der Waals surface area contributed by atoms with Crippen LogP contribution in [0.3, 0.4) is 0 Å². The molecule has 3 rings (SSSR count). The van der Waals surface area contributed by atoms with Gasteiger partial charge in [0, 0.05) is 16.1 Å². The molecule has 0 aliphatic rings. The maximum Gasteiger partial charge on any atom is 0.337 e. The number of hydrogen-bond acceptors (Lipinski definition) is 3. The number of hydrogen-bond donors (Lipinski definition) is 0. The largest absolute Gasteiger partial charge is 0.496 e. The molecule has 3 aromatic carbocycles. The van der Waals surface area contributed by atoms with Crippen molar-refractivity contribution in [3.8, 4) is 16.9 Å². The number of ether oxygens (including phenoxy) is 2. The van der Waals surface area contributed by atoms with Crippen LogP contribution in [0.15, 0.2) is 54.6 Å². The molecule has 0 amide bonds. The minimum absolute atomic E-state index is 0.377. The van der Waals surface area contributed by atoms with Crippen LogP contribution in [0.1, 0.15) is 10.4 Å². The quantitative estimate of drug-likeness (QED) is 0.638. The molecule has 3 nitrogen and oxygen atoms in total. The lowest BCUT2D eigenvalue weighted by atomic mass is 9.96. The van der Waals surface area contributed by atoms with Gasteiger partial charge in [-0.3, -0.25) is 0 Å². The highest BCUT2D eigenvalue weighted by Gasteiger charge is 2.15. The maximum atomic E-state index is 11.8. The number of para-hydroxylation sites is 1. The second-order valence-corrected chi connectivity index (χ2v) is 5.46. The van der Waals surface area contributed by atoms with Crippen molar-refractivity contribution in [2.24, 2.45) is 0 Å². The van der Waals surface area contributed by atoms with Crippen LogP contribution in [0.25, 0.3) is 21.9 Å². The van der Waals surface area contributed by atoms with Crippen LogP contribution < -0.4 is 4.74 Å². The Kier molecular flexibility index (Phi) is 4.22. The molecule has 0 fully saturated rings. The number of fused-ring (bicyclic) bond motifs is 1. The standard InChI is InChI=1S/C19H15ClO3/c1-22-17-6-4-3-5-14(17)18-15-11-13(19(21)23-2)8-7-12(15)9-10-16(18)20/h3-11H,1-2H3. The predicted octanol–water partition coefficient (Wildman–Crippen LogP) is 4.96. The Morgan fingerprint density at radius 2 is 1.74 bits per heavy atom. The lowest BCUT2D eigenvalue weighted by Gasteiger charge is -2.13. The van der Waals surface area contributed by atoms with Crippen molar-refractivity contribution in [2.45, 2.75) is 0 Å². The molecule has 0 unspecified atom stereocenters. The van der Waals surface area contributed by atoms with Crippen LogP contribution in [-0.4, -0.2) is 20.2 Å². The minimum atomic E-state index is -0.377. The topological polar surface area (TPSA) is 35.5 Å². The third-order valence-electron chi connectivity index (χ3n) is 3.77. The highest BCUT2D eigenvalue weighted by Crippen LogP contribution is 2.40. The van der Waals surface area contributed by atoms with Crippen LogP contribution in [0.5, 0.6) is 5.75 Å². The van der Waals surface area contributed by atoms with E-state index in [9.17, 15) is 4.79 Å². The summed E-state index contributed by atoms with van der Waals surface area (Å²) in [5.74, 6) is 0.350. The van der Waals surface area contributed by atoms with E-state index in [4.69, 9.17) is 21.1 Å². The lowest BCUT2D eigenvalue weighted by Crippen LogP contribution is -2.01. The predicted molar refractivity (Wildman–Crippen MR) is 92.3 cm³/mol. The first kappa shape index (κ1) is 15.4. The number of carbonyl (C=O) groups excluding carboxylic acids is 1. The van der Waals surface area contributed by atoms with E-state index in [1.165, 1.54) is 7.11 Å². The number of benzene rings is 3. The summed E-state index contributed by atoms with van der Waals surface area (Å²) in [5, 5.41) is 2.47. The summed E-state index contributed by atoms with van der Waals surface area (Å²) in [6.07, 6.45) is 0. The third kappa shape index (κ3) is 2.76. The zero-order valence-corrected chi connectivity index (χ0v) is 13.6. The van der Waals surface area contributed by atoms with Gasteiger partial charge in [-0.2, -0.15) is 0 Å². The van der Waals surface area contributed by atoms with Gasteiger partial charge >= 0.3 is 5.97 Å². The summed E-state index contributed by atoms with van der Waals surface area (Å²) < 4.78 is 10.3. The first-order valence-electron chi connectivity index (χ1n) is 7.09. The number of rotatable bonds is 3. The van der Waals surface area contributed by atoms with E-state index >= 15 is 0 Å². The molecular weight excluding hydrogens is 312 g/mol. The lowest BCUT2D eigenvalue weighted by molar-refractivity contribution is 0.0601. The molecule has 0 heterocycles. The molecule has 23 heavy (non-hydrogen) atoms. The maximum absolute atomic E-state index is 11.8. The fourth-order valence-electron chi connectivity index (χ4n) is 2.66. The van der Waals surface area contributed by atoms with Crippen LogP contribution in [0.4, 0.5) is 0 Å². The zero-order valence-electron chi connectivity index (χ0n) is 12.8. The average Bonchev–Trinajstić information content (AvgIpc) is 2.60. The molecule has 116 valence electrons. The van der Waals surface area contributed by atoms with Crippen molar-refractivity contribution in [2.75, 3.05) is 14.2 Å². The highest BCUT2D eigenvalue weighted by atomic mass is 35.5. The Bertz CT molecular complexity index is 887. The second-order valence-electron chi connectivity index (χ2n) is 5.05. The molecule has 0 spiro atoms. The molecule has 0 saturated heterocycles. The van der Waals surface area contributed by atoms with Crippen LogP contribution in [0, 0.1) is 0 Å². The van der Waals surface area contributed by atoms with Crippen molar-refractivity contribution in [3.63, 3.8) is 0 Å². The first-order valence-corrected chi connectivity index (χ1v) is 7.47. The molecule has 0 atom stereocenters. The van der Waals surface area contributed by atoms with E-state index < -0.39 is 0 Å². The van der Waals surface area contributed by atoms with Crippen LogP contribution in [-0.2, 0) is 4.74 Å². The molecule has 0 bridgehead atoms. The molecular formula is C19H15ClO3. The molecule has 0 radical (unpaired) electrons. The van der Waals surface area contributed by atoms with E-state index in [1.54, 1.807) is 19.2 Å². The Hall–Kier alpha value is -2.52. The number of esters is 1. The summed E-state index contributed by atoms with van der Waals surface area (Å²) in [7, 11) is 2.99. The van der Waals surface area contributed by atoms with E-state index in [0.717, 1.165) is 27.6 Å². The van der Waals surface area contributed by atoms with Gasteiger partial charge in [0.25, 0.3) is 0 Å². The van der Waals surface area contributed by atoms with Gasteiger partial charge in [-0.1, -0.05) is 41.9 Å². The summed E-state index contributed by atoms with van der Waals surface area (Å²) in [5.41, 5.74) is 2.21. The molecule has 0 saturated carbocycles. The molecule has 0 N–H and O–H groups in total. The Morgan fingerprint density at radius 3 is 2.48 bits per heavy atom. The Morgan fingerprint density at radius 1 is 1.00 bits per heavy atom. The van der Waals surface area contributed by atoms with E-state index in [0.29, 0.717) is 10.6 Å². The zero-order chi connectivity index (χ0) is 16.4. The van der Waals surface area contributed by atoms with Gasteiger partial charge in [-0.05, 0) is 35.0 Å². The van der Waals surface area contributed by atoms with Crippen molar-refractivity contribution in [1.82, 2.24) is 0 Å². The number of methoxy groups -OCH3 is 2. The third-order valence-corrected chi connectivity index (χ3v) is 4.08. The smallest absolute Gasteiger partial charge is 0.337 e. The molecule has 0 aromatic heterocycles.